The second kappa shape index (κ2) is 6.62. The number of pyridine rings is 1. The number of alkyl halides is 3. The van der Waals surface area contributed by atoms with E-state index in [2.05, 4.69) is 10.3 Å². The average Bonchev–Trinajstić information content (AvgIpc) is 2.63. The van der Waals surface area contributed by atoms with Gasteiger partial charge in [-0.25, -0.2) is 0 Å². The Balaban J connectivity index is 1.90. The lowest BCUT2D eigenvalue weighted by molar-refractivity contribution is -0.272. The molecule has 1 aromatic heterocycles. The molecule has 1 aliphatic carbocycles. The van der Waals surface area contributed by atoms with Crippen molar-refractivity contribution in [2.45, 2.75) is 44.0 Å². The van der Waals surface area contributed by atoms with Crippen molar-refractivity contribution in [2.75, 3.05) is 5.32 Å². The second-order valence-electron chi connectivity index (χ2n) is 7.71. The smallest absolute Gasteiger partial charge is 0.419 e. The number of aromatic nitrogens is 1. The van der Waals surface area contributed by atoms with Gasteiger partial charge in [0.15, 0.2) is 5.60 Å². The molecule has 4 nitrogen and oxygen atoms in total. The molecule has 0 aliphatic heterocycles. The lowest BCUT2D eigenvalue weighted by Crippen LogP contribution is -2.55. The molecule has 0 saturated heterocycles. The predicted octanol–water partition coefficient (Wildman–Crippen LogP) is 5.20. The second-order valence-corrected chi connectivity index (χ2v) is 7.71. The van der Waals surface area contributed by atoms with E-state index in [0.29, 0.717) is 22.2 Å². The van der Waals surface area contributed by atoms with E-state index in [9.17, 15) is 23.4 Å². The van der Waals surface area contributed by atoms with E-state index in [1.165, 1.54) is 18.2 Å². The number of nitrogens with zero attached hydrogens (tertiary/aromatic N) is 1. The summed E-state index contributed by atoms with van der Waals surface area (Å²) in [6.45, 7) is 3.42. The van der Waals surface area contributed by atoms with Crippen molar-refractivity contribution in [1.29, 1.82) is 0 Å². The van der Waals surface area contributed by atoms with Gasteiger partial charge < -0.3 is 15.5 Å². The maximum absolute atomic E-state index is 14.0. The number of aryl methyl sites for hydroxylation is 1. The molecule has 29 heavy (non-hydrogen) atoms. The molecule has 3 atom stereocenters. The molecule has 1 unspecified atom stereocenters. The van der Waals surface area contributed by atoms with Crippen LogP contribution in [0.15, 0.2) is 48.5 Å². The van der Waals surface area contributed by atoms with Crippen LogP contribution in [0.5, 0.6) is 5.75 Å². The molecule has 0 fully saturated rings. The van der Waals surface area contributed by atoms with E-state index in [1.54, 1.807) is 37.3 Å². The zero-order chi connectivity index (χ0) is 21.0. The van der Waals surface area contributed by atoms with Gasteiger partial charge in [0.25, 0.3) is 0 Å². The molecular formula is C22H21F3N2O2. The van der Waals surface area contributed by atoms with Crippen LogP contribution >= 0.6 is 0 Å². The molecule has 0 spiro atoms. The lowest BCUT2D eigenvalue weighted by Gasteiger charge is -2.45. The van der Waals surface area contributed by atoms with Gasteiger partial charge in [0, 0.05) is 22.3 Å². The van der Waals surface area contributed by atoms with Crippen LogP contribution in [0.4, 0.5) is 18.9 Å². The highest BCUT2D eigenvalue weighted by atomic mass is 19.4. The maximum atomic E-state index is 14.0. The van der Waals surface area contributed by atoms with E-state index in [0.717, 1.165) is 5.69 Å². The Bertz CT molecular complexity index is 1080. The number of benzene rings is 2. The monoisotopic (exact) mass is 402 g/mol. The Labute approximate surface area is 166 Å². The standard InChI is InChI=1S/C22H21F3N2O2/c1-12-11-21(29,22(23,24)25)20(15-5-3-8-18(28)19(12)15)27-17-7-4-6-16-14(17)10-9-13(2)26-16/h3-10,12,20,27-29H,11H2,1-2H3/t12-,20+,21?/m1/s1. The summed E-state index contributed by atoms with van der Waals surface area (Å²) in [5.74, 6) is -0.728. The number of aromatic hydroxyl groups is 1. The predicted molar refractivity (Wildman–Crippen MR) is 105 cm³/mol. The van der Waals surface area contributed by atoms with Crippen LogP contribution in [0.1, 0.15) is 42.1 Å². The summed E-state index contributed by atoms with van der Waals surface area (Å²) < 4.78 is 42.1. The molecule has 3 N–H and O–H groups in total. The molecule has 0 amide bonds. The third-order valence-electron chi connectivity index (χ3n) is 5.68. The summed E-state index contributed by atoms with van der Waals surface area (Å²) in [5.41, 5.74) is -0.456. The van der Waals surface area contributed by atoms with Gasteiger partial charge >= 0.3 is 6.18 Å². The van der Waals surface area contributed by atoms with Crippen LogP contribution in [-0.4, -0.2) is 27.0 Å². The van der Waals surface area contributed by atoms with Gasteiger partial charge in [-0.3, -0.25) is 4.98 Å². The van der Waals surface area contributed by atoms with Gasteiger partial charge in [0.2, 0.25) is 0 Å². The van der Waals surface area contributed by atoms with Crippen molar-refractivity contribution in [1.82, 2.24) is 4.98 Å². The zero-order valence-electron chi connectivity index (χ0n) is 16.0. The fraction of sp³-hybridized carbons (Fsp3) is 0.318. The number of anilines is 1. The minimum absolute atomic E-state index is 0.0683. The van der Waals surface area contributed by atoms with Crippen molar-refractivity contribution < 1.29 is 23.4 Å². The van der Waals surface area contributed by atoms with Crippen LogP contribution in [0, 0.1) is 6.92 Å². The molecule has 0 saturated carbocycles. The molecule has 152 valence electrons. The topological polar surface area (TPSA) is 65.4 Å². The molecular weight excluding hydrogens is 381 g/mol. The van der Waals surface area contributed by atoms with E-state index in [-0.39, 0.29) is 11.3 Å². The minimum atomic E-state index is -4.86. The number of hydrogen-bond donors (Lipinski definition) is 3. The summed E-state index contributed by atoms with van der Waals surface area (Å²) in [6, 6.07) is 11.7. The molecule has 0 bridgehead atoms. The lowest BCUT2D eigenvalue weighted by atomic mass is 9.70. The molecule has 1 aliphatic rings. The van der Waals surface area contributed by atoms with Gasteiger partial charge in [-0.1, -0.05) is 25.1 Å². The first kappa shape index (κ1) is 19.5. The number of phenolic OH excluding ortho intramolecular Hbond substituents is 1. The van der Waals surface area contributed by atoms with Crippen LogP contribution in [-0.2, 0) is 0 Å². The number of hydrogen-bond acceptors (Lipinski definition) is 4. The minimum Gasteiger partial charge on any atom is -0.508 e. The fourth-order valence-corrected chi connectivity index (χ4v) is 4.32. The Hall–Kier alpha value is -2.80. The first-order valence-corrected chi connectivity index (χ1v) is 9.35. The number of halogens is 3. The number of fused-ring (bicyclic) bond motifs is 2. The largest absolute Gasteiger partial charge is 0.508 e. The van der Waals surface area contributed by atoms with Crippen molar-refractivity contribution in [2.24, 2.45) is 0 Å². The Morgan fingerprint density at radius 2 is 1.83 bits per heavy atom. The Morgan fingerprint density at radius 3 is 2.55 bits per heavy atom. The summed E-state index contributed by atoms with van der Waals surface area (Å²) in [6.07, 6.45) is -5.41. The van der Waals surface area contributed by atoms with E-state index in [1.807, 2.05) is 6.92 Å². The fourth-order valence-electron chi connectivity index (χ4n) is 4.32. The van der Waals surface area contributed by atoms with Gasteiger partial charge in [-0.15, -0.1) is 0 Å². The first-order valence-electron chi connectivity index (χ1n) is 9.35. The van der Waals surface area contributed by atoms with Gasteiger partial charge in [-0.05, 0) is 55.2 Å². The highest BCUT2D eigenvalue weighted by Crippen LogP contribution is 2.54. The third-order valence-corrected chi connectivity index (χ3v) is 5.68. The highest BCUT2D eigenvalue weighted by molar-refractivity contribution is 5.91. The van der Waals surface area contributed by atoms with Crippen molar-refractivity contribution >= 4 is 16.6 Å². The molecule has 2 aromatic carbocycles. The third kappa shape index (κ3) is 3.09. The average molecular weight is 402 g/mol. The molecule has 3 aromatic rings. The normalized spacial score (nSPS) is 24.3. The van der Waals surface area contributed by atoms with Gasteiger partial charge in [-0.2, -0.15) is 13.2 Å². The number of nitrogens with one attached hydrogen (secondary N) is 1. The first-order chi connectivity index (χ1) is 13.6. The van der Waals surface area contributed by atoms with E-state index in [4.69, 9.17) is 0 Å². The Kier molecular flexibility index (Phi) is 4.46. The van der Waals surface area contributed by atoms with E-state index >= 15 is 0 Å². The van der Waals surface area contributed by atoms with Crippen molar-refractivity contribution in [3.8, 4) is 5.75 Å². The van der Waals surface area contributed by atoms with Crippen LogP contribution in [0.25, 0.3) is 10.9 Å². The molecule has 0 radical (unpaired) electrons. The van der Waals surface area contributed by atoms with Crippen molar-refractivity contribution in [3.63, 3.8) is 0 Å². The summed E-state index contributed by atoms with van der Waals surface area (Å²) >= 11 is 0. The van der Waals surface area contributed by atoms with Crippen LogP contribution in [0.3, 0.4) is 0 Å². The van der Waals surface area contributed by atoms with E-state index < -0.39 is 30.2 Å². The molecule has 4 rings (SSSR count). The Morgan fingerprint density at radius 1 is 1.10 bits per heavy atom. The number of phenols is 1. The number of rotatable bonds is 2. The van der Waals surface area contributed by atoms with Crippen LogP contribution in [0.2, 0.25) is 0 Å². The van der Waals surface area contributed by atoms with Crippen molar-refractivity contribution in [3.05, 3.63) is 65.4 Å². The SMILES string of the molecule is Cc1ccc2c(N[C@H]3c4cccc(O)c4[C@H](C)CC3(O)C(F)(F)F)cccc2n1. The summed E-state index contributed by atoms with van der Waals surface area (Å²) in [5, 5.41) is 24.7. The maximum Gasteiger partial charge on any atom is 0.419 e. The summed E-state index contributed by atoms with van der Waals surface area (Å²) in [4.78, 5) is 4.42. The van der Waals surface area contributed by atoms with Gasteiger partial charge in [0.05, 0.1) is 11.6 Å². The number of aliphatic hydroxyl groups is 1. The molecule has 1 heterocycles. The molecule has 7 heteroatoms. The quantitative estimate of drug-likeness (QED) is 0.551. The summed E-state index contributed by atoms with van der Waals surface area (Å²) in [7, 11) is 0. The highest BCUT2D eigenvalue weighted by Gasteiger charge is 2.62. The van der Waals surface area contributed by atoms with Gasteiger partial charge in [0.1, 0.15) is 5.75 Å². The van der Waals surface area contributed by atoms with Crippen LogP contribution < -0.4 is 5.32 Å². The zero-order valence-corrected chi connectivity index (χ0v) is 16.0.